The standard InChI is InChI=1S/C20H16N4O4/c1-27-15-7-4-13(5-8-15)12-24-19(18(20(25)26)22-23-24)28-16-9-6-14-3-2-10-21-17(14)11-16/h2-11H,12H2,1H3,(H,25,26). The normalized spacial score (nSPS) is 10.8. The smallest absolute Gasteiger partial charge is 0.362 e. The van der Waals surface area contributed by atoms with Gasteiger partial charge in [0.2, 0.25) is 5.69 Å². The fourth-order valence-electron chi connectivity index (χ4n) is 2.77. The molecule has 0 bridgehead atoms. The van der Waals surface area contributed by atoms with Gasteiger partial charge in [-0.1, -0.05) is 23.4 Å². The van der Waals surface area contributed by atoms with Gasteiger partial charge in [-0.15, -0.1) is 5.10 Å². The number of ether oxygens (including phenoxy) is 2. The molecule has 0 aliphatic heterocycles. The first-order valence-electron chi connectivity index (χ1n) is 8.46. The number of carbonyl (C=O) groups is 1. The Morgan fingerprint density at radius 1 is 1.11 bits per heavy atom. The van der Waals surface area contributed by atoms with E-state index < -0.39 is 5.97 Å². The van der Waals surface area contributed by atoms with E-state index in [0.29, 0.717) is 12.3 Å². The Hall–Kier alpha value is -3.94. The van der Waals surface area contributed by atoms with Crippen molar-refractivity contribution in [2.45, 2.75) is 6.54 Å². The minimum Gasteiger partial charge on any atom is -0.497 e. The predicted molar refractivity (Wildman–Crippen MR) is 101 cm³/mol. The molecule has 1 N–H and O–H groups in total. The Kier molecular flexibility index (Phi) is 4.59. The molecule has 8 heteroatoms. The van der Waals surface area contributed by atoms with Crippen LogP contribution in [0.2, 0.25) is 0 Å². The zero-order valence-electron chi connectivity index (χ0n) is 14.9. The number of benzene rings is 2. The van der Waals surface area contributed by atoms with E-state index in [1.165, 1.54) is 4.68 Å². The first kappa shape index (κ1) is 17.5. The molecule has 4 rings (SSSR count). The van der Waals surface area contributed by atoms with Crippen molar-refractivity contribution in [3.8, 4) is 17.4 Å². The number of aromatic carboxylic acids is 1. The molecule has 0 spiro atoms. The molecule has 2 aromatic carbocycles. The van der Waals surface area contributed by atoms with Crippen LogP contribution in [-0.4, -0.2) is 38.2 Å². The van der Waals surface area contributed by atoms with Crippen LogP contribution in [0.5, 0.6) is 17.4 Å². The maximum absolute atomic E-state index is 11.5. The lowest BCUT2D eigenvalue weighted by atomic mass is 10.2. The minimum absolute atomic E-state index is 0.0543. The fraction of sp³-hybridized carbons (Fsp3) is 0.100. The molecular formula is C20H16N4O4. The van der Waals surface area contributed by atoms with E-state index in [-0.39, 0.29) is 11.6 Å². The molecule has 4 aromatic rings. The zero-order chi connectivity index (χ0) is 19.5. The van der Waals surface area contributed by atoms with Gasteiger partial charge in [0.15, 0.2) is 0 Å². The first-order valence-corrected chi connectivity index (χ1v) is 8.46. The number of carboxylic acid groups (broad SMARTS) is 1. The number of pyridine rings is 1. The van der Waals surface area contributed by atoms with Crippen molar-refractivity contribution in [1.82, 2.24) is 20.0 Å². The van der Waals surface area contributed by atoms with Gasteiger partial charge in [0.1, 0.15) is 11.5 Å². The molecule has 0 saturated carbocycles. The molecule has 0 radical (unpaired) electrons. The van der Waals surface area contributed by atoms with Crippen LogP contribution in [0.25, 0.3) is 10.9 Å². The van der Waals surface area contributed by atoms with Crippen LogP contribution >= 0.6 is 0 Å². The third-order valence-corrected chi connectivity index (χ3v) is 4.18. The summed E-state index contributed by atoms with van der Waals surface area (Å²) in [5, 5.41) is 18.1. The number of hydrogen-bond donors (Lipinski definition) is 1. The van der Waals surface area contributed by atoms with E-state index in [1.54, 1.807) is 25.4 Å². The van der Waals surface area contributed by atoms with Gasteiger partial charge in [0, 0.05) is 17.6 Å². The van der Waals surface area contributed by atoms with Crippen molar-refractivity contribution in [2.75, 3.05) is 7.11 Å². The van der Waals surface area contributed by atoms with Crippen molar-refractivity contribution >= 4 is 16.9 Å². The average molecular weight is 376 g/mol. The highest BCUT2D eigenvalue weighted by atomic mass is 16.5. The number of aromatic nitrogens is 4. The predicted octanol–water partition coefficient (Wildman–Crippen LogP) is 3.37. The molecule has 2 aromatic heterocycles. The second kappa shape index (κ2) is 7.36. The number of rotatable bonds is 6. The van der Waals surface area contributed by atoms with E-state index in [0.717, 1.165) is 22.2 Å². The number of fused-ring (bicyclic) bond motifs is 1. The van der Waals surface area contributed by atoms with Crippen molar-refractivity contribution < 1.29 is 19.4 Å². The molecule has 0 aliphatic carbocycles. The second-order valence-corrected chi connectivity index (χ2v) is 6.01. The highest BCUT2D eigenvalue weighted by Crippen LogP contribution is 2.27. The monoisotopic (exact) mass is 376 g/mol. The van der Waals surface area contributed by atoms with Gasteiger partial charge in [-0.3, -0.25) is 4.98 Å². The van der Waals surface area contributed by atoms with E-state index in [4.69, 9.17) is 9.47 Å². The lowest BCUT2D eigenvalue weighted by Crippen LogP contribution is -2.06. The number of hydrogen-bond acceptors (Lipinski definition) is 6. The van der Waals surface area contributed by atoms with Gasteiger partial charge in [-0.25, -0.2) is 9.48 Å². The molecule has 8 nitrogen and oxygen atoms in total. The van der Waals surface area contributed by atoms with E-state index >= 15 is 0 Å². The highest BCUT2D eigenvalue weighted by Gasteiger charge is 2.22. The number of methoxy groups -OCH3 is 1. The summed E-state index contributed by atoms with van der Waals surface area (Å²) in [6.07, 6.45) is 1.68. The lowest BCUT2D eigenvalue weighted by Gasteiger charge is -2.10. The SMILES string of the molecule is COc1ccc(Cn2nnc(C(=O)O)c2Oc2ccc3cccnc3c2)cc1. The van der Waals surface area contributed by atoms with E-state index in [9.17, 15) is 9.90 Å². The topological polar surface area (TPSA) is 99.4 Å². The summed E-state index contributed by atoms with van der Waals surface area (Å²) < 4.78 is 12.4. The summed E-state index contributed by atoms with van der Waals surface area (Å²) in [4.78, 5) is 15.8. The molecular weight excluding hydrogens is 360 g/mol. The Bertz CT molecular complexity index is 1140. The third-order valence-electron chi connectivity index (χ3n) is 4.18. The Morgan fingerprint density at radius 3 is 2.64 bits per heavy atom. The van der Waals surface area contributed by atoms with E-state index in [2.05, 4.69) is 15.3 Å². The molecule has 2 heterocycles. The molecule has 0 unspecified atom stereocenters. The van der Waals surface area contributed by atoms with Crippen LogP contribution in [0.3, 0.4) is 0 Å². The van der Waals surface area contributed by atoms with Crippen LogP contribution in [-0.2, 0) is 6.54 Å². The van der Waals surface area contributed by atoms with Gasteiger partial charge in [-0.2, -0.15) is 0 Å². The minimum atomic E-state index is -1.21. The van der Waals surface area contributed by atoms with Crippen LogP contribution in [0, 0.1) is 0 Å². The molecule has 140 valence electrons. The van der Waals surface area contributed by atoms with Gasteiger partial charge < -0.3 is 14.6 Å². The maximum atomic E-state index is 11.5. The van der Waals surface area contributed by atoms with E-state index in [1.807, 2.05) is 42.5 Å². The number of carboxylic acids is 1. The van der Waals surface area contributed by atoms with Crippen molar-refractivity contribution in [3.05, 3.63) is 72.1 Å². The molecule has 0 aliphatic rings. The highest BCUT2D eigenvalue weighted by molar-refractivity contribution is 5.88. The van der Waals surface area contributed by atoms with Gasteiger partial charge in [0.05, 0.1) is 19.2 Å². The molecule has 0 atom stereocenters. The van der Waals surface area contributed by atoms with Crippen LogP contribution < -0.4 is 9.47 Å². The Balaban J connectivity index is 1.67. The fourth-order valence-corrected chi connectivity index (χ4v) is 2.77. The van der Waals surface area contributed by atoms with Crippen molar-refractivity contribution in [2.24, 2.45) is 0 Å². The average Bonchev–Trinajstić information content (AvgIpc) is 3.11. The second-order valence-electron chi connectivity index (χ2n) is 6.01. The lowest BCUT2D eigenvalue weighted by molar-refractivity contribution is 0.0687. The third kappa shape index (κ3) is 3.48. The quantitative estimate of drug-likeness (QED) is 0.551. The van der Waals surface area contributed by atoms with Crippen molar-refractivity contribution in [1.29, 1.82) is 0 Å². The largest absolute Gasteiger partial charge is 0.497 e. The van der Waals surface area contributed by atoms with Gasteiger partial charge in [0.25, 0.3) is 5.88 Å². The van der Waals surface area contributed by atoms with Gasteiger partial charge >= 0.3 is 5.97 Å². The summed E-state index contributed by atoms with van der Waals surface area (Å²) in [6.45, 7) is 0.297. The molecule has 0 amide bonds. The summed E-state index contributed by atoms with van der Waals surface area (Å²) in [5.41, 5.74) is 1.38. The maximum Gasteiger partial charge on any atom is 0.362 e. The zero-order valence-corrected chi connectivity index (χ0v) is 14.9. The summed E-state index contributed by atoms with van der Waals surface area (Å²) in [6, 6.07) is 16.5. The summed E-state index contributed by atoms with van der Waals surface area (Å²) >= 11 is 0. The Labute approximate surface area is 160 Å². The Morgan fingerprint density at radius 2 is 1.89 bits per heavy atom. The van der Waals surface area contributed by atoms with Crippen molar-refractivity contribution in [3.63, 3.8) is 0 Å². The summed E-state index contributed by atoms with van der Waals surface area (Å²) in [5.74, 6) is 0.0224. The number of nitrogens with zero attached hydrogens (tertiary/aromatic N) is 4. The molecule has 0 saturated heterocycles. The molecule has 0 fully saturated rings. The van der Waals surface area contributed by atoms with Gasteiger partial charge in [-0.05, 0) is 35.9 Å². The van der Waals surface area contributed by atoms with Crippen LogP contribution in [0.4, 0.5) is 0 Å². The van der Waals surface area contributed by atoms with Crippen LogP contribution in [0.15, 0.2) is 60.8 Å². The first-order chi connectivity index (χ1) is 13.6. The summed E-state index contributed by atoms with van der Waals surface area (Å²) in [7, 11) is 1.59. The van der Waals surface area contributed by atoms with Crippen LogP contribution in [0.1, 0.15) is 16.1 Å². The molecule has 28 heavy (non-hydrogen) atoms.